The zero-order valence-electron chi connectivity index (χ0n) is 22.2. The summed E-state index contributed by atoms with van der Waals surface area (Å²) in [5.41, 5.74) is -1.43. The van der Waals surface area contributed by atoms with E-state index in [0.29, 0.717) is 0 Å². The Balaban J connectivity index is 1.59. The molecule has 38 heavy (non-hydrogen) atoms. The summed E-state index contributed by atoms with van der Waals surface area (Å²) in [5.74, 6) is -4.60. The van der Waals surface area contributed by atoms with Crippen molar-refractivity contribution >= 4 is 18.9 Å². The number of ether oxygens (including phenoxy) is 1. The molecule has 208 valence electrons. The van der Waals surface area contributed by atoms with Crippen LogP contribution in [0.15, 0.2) is 30.3 Å². The molecule has 0 bridgehead atoms. The standard InChI is InChI=1S/C26H37BF2N4O5/c1-24(2,33-10-9-26(28,29)18-33)16-25(3,17-30)23(35)32-11-12-38-20(15-32)14-22(34)31-21(27(36)37)13-19-7-5-4-6-8-19/h4-8,20-21,36-37H,9-16,18H2,1-3H3,(H,31,34)/t20-,21-,25?/m0/s1. The van der Waals surface area contributed by atoms with Crippen molar-refractivity contribution in [1.29, 1.82) is 5.26 Å². The first-order valence-electron chi connectivity index (χ1n) is 12.9. The number of amides is 2. The Morgan fingerprint density at radius 2 is 1.95 bits per heavy atom. The quantitative estimate of drug-likeness (QED) is 0.388. The van der Waals surface area contributed by atoms with Crippen LogP contribution in [0.5, 0.6) is 0 Å². The topological polar surface area (TPSA) is 126 Å². The number of rotatable bonds is 10. The Bertz CT molecular complexity index is 1020. The van der Waals surface area contributed by atoms with Gasteiger partial charge >= 0.3 is 7.12 Å². The number of hydrogen-bond donors (Lipinski definition) is 3. The number of nitrogens with one attached hydrogen (secondary N) is 1. The summed E-state index contributed by atoms with van der Waals surface area (Å²) in [6.45, 7) is 5.34. The van der Waals surface area contributed by atoms with Crippen molar-refractivity contribution in [3.8, 4) is 6.07 Å². The van der Waals surface area contributed by atoms with E-state index < -0.39 is 54.4 Å². The molecular formula is C26H37BF2N4O5. The highest BCUT2D eigenvalue weighted by molar-refractivity contribution is 6.43. The SMILES string of the molecule is CC(C#N)(CC(C)(C)N1CCC(F)(F)C1)C(=O)N1CCO[C@@H](CC(=O)N[C@@H](Cc2ccccc2)B(O)O)C1. The van der Waals surface area contributed by atoms with E-state index >= 15 is 0 Å². The van der Waals surface area contributed by atoms with Crippen LogP contribution in [0.1, 0.15) is 45.6 Å². The molecular weight excluding hydrogens is 497 g/mol. The van der Waals surface area contributed by atoms with E-state index in [2.05, 4.69) is 11.4 Å². The molecule has 2 heterocycles. The molecule has 3 N–H and O–H groups in total. The average molecular weight is 534 g/mol. The van der Waals surface area contributed by atoms with Gasteiger partial charge in [-0.25, -0.2) is 8.78 Å². The Morgan fingerprint density at radius 3 is 2.53 bits per heavy atom. The molecule has 1 aromatic rings. The number of hydrogen-bond acceptors (Lipinski definition) is 7. The first-order valence-corrected chi connectivity index (χ1v) is 12.9. The van der Waals surface area contributed by atoms with Crippen molar-refractivity contribution in [3.63, 3.8) is 0 Å². The van der Waals surface area contributed by atoms with Gasteiger partial charge in [-0.2, -0.15) is 5.26 Å². The molecule has 0 saturated carbocycles. The van der Waals surface area contributed by atoms with Gasteiger partial charge < -0.3 is 25.0 Å². The van der Waals surface area contributed by atoms with Crippen LogP contribution in [0.4, 0.5) is 8.78 Å². The number of likely N-dealkylation sites (tertiary alicyclic amines) is 1. The summed E-state index contributed by atoms with van der Waals surface area (Å²) in [5, 5.41) is 32.1. The maximum Gasteiger partial charge on any atom is 0.475 e. The van der Waals surface area contributed by atoms with Crippen LogP contribution in [0.2, 0.25) is 0 Å². The Morgan fingerprint density at radius 1 is 1.26 bits per heavy atom. The largest absolute Gasteiger partial charge is 0.475 e. The average Bonchev–Trinajstić information content (AvgIpc) is 3.24. The highest BCUT2D eigenvalue weighted by atomic mass is 19.3. The molecule has 0 spiro atoms. The lowest BCUT2D eigenvalue weighted by Crippen LogP contribution is -2.55. The monoisotopic (exact) mass is 534 g/mol. The second-order valence-electron chi connectivity index (χ2n) is 11.2. The fraction of sp³-hybridized carbons (Fsp3) is 0.654. The maximum atomic E-state index is 13.8. The summed E-state index contributed by atoms with van der Waals surface area (Å²) >= 11 is 0. The number of carbonyl (C=O) groups excluding carboxylic acids is 2. The summed E-state index contributed by atoms with van der Waals surface area (Å²) in [4.78, 5) is 29.3. The molecule has 0 radical (unpaired) electrons. The first-order chi connectivity index (χ1) is 17.7. The molecule has 12 heteroatoms. The van der Waals surface area contributed by atoms with Crippen molar-refractivity contribution < 1.29 is 33.2 Å². The second kappa shape index (κ2) is 12.1. The summed E-state index contributed by atoms with van der Waals surface area (Å²) in [6, 6.07) is 11.2. The van der Waals surface area contributed by atoms with Crippen LogP contribution >= 0.6 is 0 Å². The van der Waals surface area contributed by atoms with Gasteiger partial charge in [0.2, 0.25) is 11.8 Å². The van der Waals surface area contributed by atoms with Crippen LogP contribution in [0, 0.1) is 16.7 Å². The smallest absolute Gasteiger partial charge is 0.426 e. The van der Waals surface area contributed by atoms with E-state index in [1.165, 1.54) is 11.8 Å². The van der Waals surface area contributed by atoms with Crippen molar-refractivity contribution in [1.82, 2.24) is 15.1 Å². The van der Waals surface area contributed by atoms with Crippen molar-refractivity contribution in [2.75, 3.05) is 32.8 Å². The van der Waals surface area contributed by atoms with Gasteiger partial charge in [-0.05, 0) is 39.2 Å². The van der Waals surface area contributed by atoms with E-state index in [1.807, 2.05) is 30.3 Å². The highest BCUT2D eigenvalue weighted by Crippen LogP contribution is 2.38. The third-order valence-corrected chi connectivity index (χ3v) is 7.37. The van der Waals surface area contributed by atoms with Gasteiger partial charge in [-0.3, -0.25) is 14.5 Å². The van der Waals surface area contributed by atoms with E-state index in [1.54, 1.807) is 18.7 Å². The molecule has 9 nitrogen and oxygen atoms in total. The van der Waals surface area contributed by atoms with Crippen molar-refractivity contribution in [2.24, 2.45) is 5.41 Å². The minimum Gasteiger partial charge on any atom is -0.426 e. The molecule has 2 amide bonds. The van der Waals surface area contributed by atoms with Crippen molar-refractivity contribution in [2.45, 2.75) is 70.0 Å². The van der Waals surface area contributed by atoms with Crippen molar-refractivity contribution in [3.05, 3.63) is 35.9 Å². The number of nitriles is 1. The fourth-order valence-corrected chi connectivity index (χ4v) is 5.34. The van der Waals surface area contributed by atoms with E-state index in [9.17, 15) is 33.7 Å². The lowest BCUT2D eigenvalue weighted by Gasteiger charge is -2.42. The number of alkyl halides is 2. The second-order valence-corrected chi connectivity index (χ2v) is 11.2. The Labute approximate surface area is 222 Å². The molecule has 1 unspecified atom stereocenters. The van der Waals surface area contributed by atoms with Crippen LogP contribution in [-0.2, 0) is 20.7 Å². The van der Waals surface area contributed by atoms with Crippen LogP contribution in [0.25, 0.3) is 0 Å². The van der Waals surface area contributed by atoms with Gasteiger partial charge in [0.1, 0.15) is 5.41 Å². The lowest BCUT2D eigenvalue weighted by molar-refractivity contribution is -0.149. The predicted octanol–water partition coefficient (Wildman–Crippen LogP) is 1.38. The lowest BCUT2D eigenvalue weighted by atomic mass is 9.76. The van der Waals surface area contributed by atoms with Crippen LogP contribution in [0.3, 0.4) is 0 Å². The molecule has 2 saturated heterocycles. The fourth-order valence-electron chi connectivity index (χ4n) is 5.34. The number of morpholine rings is 1. The molecule has 3 rings (SSSR count). The number of halogens is 2. The zero-order valence-corrected chi connectivity index (χ0v) is 22.2. The Kier molecular flexibility index (Phi) is 9.52. The maximum absolute atomic E-state index is 13.8. The van der Waals surface area contributed by atoms with E-state index in [-0.39, 0.29) is 51.9 Å². The number of carbonyl (C=O) groups is 2. The zero-order chi connectivity index (χ0) is 28.1. The van der Waals surface area contributed by atoms with Crippen LogP contribution < -0.4 is 5.32 Å². The predicted molar refractivity (Wildman–Crippen MR) is 137 cm³/mol. The highest BCUT2D eigenvalue weighted by Gasteiger charge is 2.49. The molecule has 0 aromatic heterocycles. The van der Waals surface area contributed by atoms with Gasteiger partial charge in [0.15, 0.2) is 0 Å². The third-order valence-electron chi connectivity index (χ3n) is 7.37. The van der Waals surface area contributed by atoms with Gasteiger partial charge in [-0.1, -0.05) is 30.3 Å². The van der Waals surface area contributed by atoms with Gasteiger partial charge in [0, 0.05) is 31.6 Å². The van der Waals surface area contributed by atoms with E-state index in [4.69, 9.17) is 4.74 Å². The molecule has 3 atom stereocenters. The van der Waals surface area contributed by atoms with Gasteiger partial charge in [0.05, 0.1) is 37.7 Å². The molecule has 2 aliphatic rings. The van der Waals surface area contributed by atoms with Crippen LogP contribution in [-0.4, -0.2) is 95.1 Å². The minimum atomic E-state index is -2.78. The number of benzene rings is 1. The van der Waals surface area contributed by atoms with E-state index in [0.717, 1.165) is 5.56 Å². The minimum absolute atomic E-state index is 0.0729. The summed E-state index contributed by atoms with van der Waals surface area (Å²) in [6.07, 6.45) is -0.711. The summed E-state index contributed by atoms with van der Waals surface area (Å²) < 4.78 is 33.3. The molecule has 1 aromatic carbocycles. The normalized spacial score (nSPS) is 22.3. The summed E-state index contributed by atoms with van der Waals surface area (Å²) in [7, 11) is -1.76. The molecule has 2 aliphatic heterocycles. The Hall–Kier alpha value is -2.59. The van der Waals surface area contributed by atoms with Gasteiger partial charge in [0.25, 0.3) is 5.92 Å². The van der Waals surface area contributed by atoms with Gasteiger partial charge in [-0.15, -0.1) is 0 Å². The number of nitrogens with zero attached hydrogens (tertiary/aromatic N) is 3. The molecule has 0 aliphatic carbocycles. The first kappa shape index (κ1) is 30.0. The third kappa shape index (κ3) is 7.73. The molecule has 2 fully saturated rings.